The van der Waals surface area contributed by atoms with Crippen LogP contribution in [0.4, 0.5) is 5.13 Å². The number of aromatic amines is 1. The van der Waals surface area contributed by atoms with Crippen LogP contribution in [0.5, 0.6) is 0 Å². The van der Waals surface area contributed by atoms with E-state index in [-0.39, 0.29) is 11.5 Å². The van der Waals surface area contributed by atoms with Gasteiger partial charge in [-0.2, -0.15) is 0 Å². The molecular weight excluding hydrogens is 334 g/mol. The Morgan fingerprint density at radius 1 is 1.04 bits per heavy atom. The van der Waals surface area contributed by atoms with E-state index >= 15 is 0 Å². The summed E-state index contributed by atoms with van der Waals surface area (Å²) in [6, 6.07) is 17.0. The van der Waals surface area contributed by atoms with Gasteiger partial charge in [0.15, 0.2) is 5.13 Å². The minimum absolute atomic E-state index is 0.246. The Balaban J connectivity index is 1.63. The molecule has 1 amide bonds. The van der Waals surface area contributed by atoms with Gasteiger partial charge in [-0.15, -0.1) is 11.3 Å². The summed E-state index contributed by atoms with van der Waals surface area (Å²) in [6.07, 6.45) is 1.39. The molecule has 122 valence electrons. The predicted molar refractivity (Wildman–Crippen MR) is 100 cm³/mol. The molecule has 6 heteroatoms. The second kappa shape index (κ2) is 6.33. The molecule has 2 aromatic heterocycles. The van der Waals surface area contributed by atoms with Gasteiger partial charge < -0.3 is 4.98 Å². The lowest BCUT2D eigenvalue weighted by Gasteiger charge is -2.04. The number of amides is 1. The van der Waals surface area contributed by atoms with E-state index in [1.54, 1.807) is 0 Å². The fourth-order valence-corrected chi connectivity index (χ4v) is 3.33. The number of aromatic nitrogens is 2. The zero-order valence-electron chi connectivity index (χ0n) is 13.0. The molecule has 25 heavy (non-hydrogen) atoms. The Hall–Kier alpha value is -3.25. The van der Waals surface area contributed by atoms with Crippen LogP contribution in [0.15, 0.2) is 71.0 Å². The quantitative estimate of drug-likeness (QED) is 0.590. The summed E-state index contributed by atoms with van der Waals surface area (Å²) < 4.78 is 0. The normalized spacial score (nSPS) is 10.7. The third kappa shape index (κ3) is 3.07. The van der Waals surface area contributed by atoms with E-state index in [1.807, 2.05) is 29.6 Å². The number of rotatable bonds is 3. The van der Waals surface area contributed by atoms with Crippen LogP contribution >= 0.6 is 11.3 Å². The molecule has 4 rings (SSSR count). The summed E-state index contributed by atoms with van der Waals surface area (Å²) in [6.45, 7) is 0. The molecule has 0 atom stereocenters. The van der Waals surface area contributed by atoms with Crippen molar-refractivity contribution in [2.45, 2.75) is 0 Å². The van der Waals surface area contributed by atoms with E-state index in [1.165, 1.54) is 29.7 Å². The first-order valence-corrected chi connectivity index (χ1v) is 8.52. The maximum atomic E-state index is 12.2. The van der Waals surface area contributed by atoms with E-state index in [0.29, 0.717) is 10.7 Å². The summed E-state index contributed by atoms with van der Waals surface area (Å²) in [5.41, 5.74) is 1.98. The summed E-state index contributed by atoms with van der Waals surface area (Å²) in [5.74, 6) is -0.310. The molecule has 0 aliphatic carbocycles. The summed E-state index contributed by atoms with van der Waals surface area (Å²) in [4.78, 5) is 30.3. The summed E-state index contributed by atoms with van der Waals surface area (Å²) in [5, 5.41) is 7.46. The van der Waals surface area contributed by atoms with Crippen molar-refractivity contribution in [3.8, 4) is 11.3 Å². The Morgan fingerprint density at radius 3 is 2.72 bits per heavy atom. The SMILES string of the molecule is O=C(Nc1nc(-c2cccc3ccccc23)cs1)c1ccc(=O)[nH]c1. The van der Waals surface area contributed by atoms with Gasteiger partial charge in [0.25, 0.3) is 5.91 Å². The molecule has 0 spiro atoms. The first-order valence-electron chi connectivity index (χ1n) is 7.64. The minimum Gasteiger partial charge on any atom is -0.328 e. The number of hydrogen-bond acceptors (Lipinski definition) is 4. The number of nitrogens with zero attached hydrogens (tertiary/aromatic N) is 1. The standard InChI is InChI=1S/C19H13N3O2S/c23-17-9-8-13(10-20-17)18(24)22-19-21-16(11-25-19)15-7-3-5-12-4-1-2-6-14(12)15/h1-11H,(H,20,23)(H,21,22,24). The number of carbonyl (C=O) groups excluding carboxylic acids is 1. The van der Waals surface area contributed by atoms with Crippen LogP contribution in [0.25, 0.3) is 22.0 Å². The largest absolute Gasteiger partial charge is 0.328 e. The molecule has 2 heterocycles. The molecular formula is C19H13N3O2S. The molecule has 2 N–H and O–H groups in total. The van der Waals surface area contributed by atoms with E-state index in [0.717, 1.165) is 22.0 Å². The molecule has 5 nitrogen and oxygen atoms in total. The lowest BCUT2D eigenvalue weighted by Crippen LogP contribution is -2.14. The zero-order valence-corrected chi connectivity index (χ0v) is 13.8. The monoisotopic (exact) mass is 347 g/mol. The molecule has 0 aliphatic rings. The van der Waals surface area contributed by atoms with E-state index in [9.17, 15) is 9.59 Å². The van der Waals surface area contributed by atoms with Gasteiger partial charge in [-0.3, -0.25) is 14.9 Å². The Bertz CT molecular complexity index is 1100. The number of carbonyl (C=O) groups is 1. The van der Waals surface area contributed by atoms with E-state index in [2.05, 4.69) is 33.5 Å². The van der Waals surface area contributed by atoms with Crippen molar-refractivity contribution in [3.63, 3.8) is 0 Å². The topological polar surface area (TPSA) is 74.8 Å². The lowest BCUT2D eigenvalue weighted by molar-refractivity contribution is 0.102. The van der Waals surface area contributed by atoms with Gasteiger partial charge in [0, 0.05) is 23.2 Å². The molecule has 0 radical (unpaired) electrons. The number of hydrogen-bond donors (Lipinski definition) is 2. The first kappa shape index (κ1) is 15.3. The van der Waals surface area contributed by atoms with Crippen LogP contribution in [0.3, 0.4) is 0 Å². The van der Waals surface area contributed by atoms with Crippen molar-refractivity contribution < 1.29 is 4.79 Å². The second-order valence-electron chi connectivity index (χ2n) is 5.46. The van der Waals surface area contributed by atoms with Crippen molar-refractivity contribution in [3.05, 3.63) is 82.1 Å². The number of thiazole rings is 1. The highest BCUT2D eigenvalue weighted by molar-refractivity contribution is 7.14. The number of nitrogens with one attached hydrogen (secondary N) is 2. The molecule has 0 fully saturated rings. The van der Waals surface area contributed by atoms with Gasteiger partial charge in [0.1, 0.15) is 0 Å². The van der Waals surface area contributed by atoms with Gasteiger partial charge in [-0.1, -0.05) is 42.5 Å². The lowest BCUT2D eigenvalue weighted by atomic mass is 10.0. The van der Waals surface area contributed by atoms with Crippen molar-refractivity contribution in [2.75, 3.05) is 5.32 Å². The molecule has 0 saturated heterocycles. The van der Waals surface area contributed by atoms with Crippen molar-refractivity contribution in [1.29, 1.82) is 0 Å². The maximum Gasteiger partial charge on any atom is 0.258 e. The maximum absolute atomic E-state index is 12.2. The van der Waals surface area contributed by atoms with Crippen LogP contribution in [0.2, 0.25) is 0 Å². The number of pyridine rings is 1. The molecule has 0 aliphatic heterocycles. The average molecular weight is 347 g/mol. The third-order valence-corrected chi connectivity index (χ3v) is 4.59. The van der Waals surface area contributed by atoms with Crippen LogP contribution in [-0.4, -0.2) is 15.9 Å². The number of benzene rings is 2. The van der Waals surface area contributed by atoms with Gasteiger partial charge in [0.2, 0.25) is 5.56 Å². The van der Waals surface area contributed by atoms with Crippen molar-refractivity contribution in [1.82, 2.24) is 9.97 Å². The number of H-pyrrole nitrogens is 1. The smallest absolute Gasteiger partial charge is 0.258 e. The summed E-state index contributed by atoms with van der Waals surface area (Å²) >= 11 is 1.36. The zero-order chi connectivity index (χ0) is 17.2. The third-order valence-electron chi connectivity index (χ3n) is 3.84. The molecule has 0 bridgehead atoms. The second-order valence-corrected chi connectivity index (χ2v) is 6.32. The van der Waals surface area contributed by atoms with E-state index in [4.69, 9.17) is 0 Å². The van der Waals surface area contributed by atoms with Gasteiger partial charge in [-0.25, -0.2) is 4.98 Å². The highest BCUT2D eigenvalue weighted by Gasteiger charge is 2.11. The van der Waals surface area contributed by atoms with Gasteiger partial charge in [-0.05, 0) is 16.8 Å². The molecule has 0 saturated carbocycles. The molecule has 4 aromatic rings. The van der Waals surface area contributed by atoms with Crippen LogP contribution in [0, 0.1) is 0 Å². The average Bonchev–Trinajstić information content (AvgIpc) is 3.10. The fraction of sp³-hybridized carbons (Fsp3) is 0. The minimum atomic E-state index is -0.310. The Labute approximate surface area is 147 Å². The van der Waals surface area contributed by atoms with Crippen LogP contribution in [0.1, 0.15) is 10.4 Å². The molecule has 0 unspecified atom stereocenters. The van der Waals surface area contributed by atoms with Crippen molar-refractivity contribution >= 4 is 33.1 Å². The predicted octanol–water partition coefficient (Wildman–Crippen LogP) is 3.90. The number of fused-ring (bicyclic) bond motifs is 1. The van der Waals surface area contributed by atoms with Gasteiger partial charge in [0.05, 0.1) is 11.3 Å². The van der Waals surface area contributed by atoms with Crippen LogP contribution < -0.4 is 10.9 Å². The molecule has 2 aromatic carbocycles. The summed E-state index contributed by atoms with van der Waals surface area (Å²) in [7, 11) is 0. The highest BCUT2D eigenvalue weighted by atomic mass is 32.1. The van der Waals surface area contributed by atoms with Crippen molar-refractivity contribution in [2.24, 2.45) is 0 Å². The first-order chi connectivity index (χ1) is 12.2. The fourth-order valence-electron chi connectivity index (χ4n) is 2.62. The Morgan fingerprint density at radius 2 is 1.88 bits per heavy atom. The number of anilines is 1. The van der Waals surface area contributed by atoms with Gasteiger partial charge >= 0.3 is 0 Å². The Kier molecular flexibility index (Phi) is 3.87. The van der Waals surface area contributed by atoms with E-state index < -0.39 is 0 Å². The van der Waals surface area contributed by atoms with Crippen LogP contribution in [-0.2, 0) is 0 Å². The highest BCUT2D eigenvalue weighted by Crippen LogP contribution is 2.31.